The van der Waals surface area contributed by atoms with Crippen LogP contribution in [0.25, 0.3) is 11.0 Å². The molecule has 2 aromatic heterocycles. The largest absolute Gasteiger partial charge is 0.496 e. The Morgan fingerprint density at radius 1 is 1.12 bits per heavy atom. The number of ether oxygens (including phenoxy) is 2. The summed E-state index contributed by atoms with van der Waals surface area (Å²) in [6.07, 6.45) is 3.73. The third-order valence-electron chi connectivity index (χ3n) is 5.09. The average Bonchev–Trinajstić information content (AvgIpc) is 3.45. The highest BCUT2D eigenvalue weighted by molar-refractivity contribution is 7.92. The number of hydrogen-bond donors (Lipinski definition) is 3. The van der Waals surface area contributed by atoms with E-state index in [1.165, 1.54) is 20.3 Å². The third kappa shape index (κ3) is 4.98. The number of benzene rings is 2. The highest BCUT2D eigenvalue weighted by atomic mass is 32.2. The van der Waals surface area contributed by atoms with Gasteiger partial charge in [0.2, 0.25) is 0 Å². The molecule has 0 unspecified atom stereocenters. The van der Waals surface area contributed by atoms with E-state index in [1.54, 1.807) is 41.2 Å². The van der Waals surface area contributed by atoms with Crippen molar-refractivity contribution < 1.29 is 22.4 Å². The zero-order valence-corrected chi connectivity index (χ0v) is 19.6. The summed E-state index contributed by atoms with van der Waals surface area (Å²) in [6, 6.07) is 9.89. The third-order valence-corrected chi connectivity index (χ3v) is 6.47. The zero-order chi connectivity index (χ0) is 24.1. The van der Waals surface area contributed by atoms with Gasteiger partial charge in [0.05, 0.1) is 27.0 Å². The smallest absolute Gasteiger partial charge is 0.266 e. The van der Waals surface area contributed by atoms with Crippen molar-refractivity contribution in [3.8, 4) is 11.5 Å². The van der Waals surface area contributed by atoms with Gasteiger partial charge < -0.3 is 25.0 Å². The summed E-state index contributed by atoms with van der Waals surface area (Å²) in [5.74, 6) is 0.661. The standard InChI is InChI=1S/C22H26N6O5S/c1-31-17-5-3-4-6-20(17)34(29,30)27-22-21-18(32-2)9-15(10-19(21)33-26-22)13-28-14-16(12-25-28)11-24-8-7-23/h3-6,9-10,12,14,24H,7-8,11,13,23H2,1-2H3,(H,26,27). The molecule has 4 N–H and O–H groups in total. The molecule has 0 aliphatic heterocycles. The number of aromatic nitrogens is 3. The van der Waals surface area contributed by atoms with Gasteiger partial charge in [0.1, 0.15) is 21.8 Å². The molecule has 0 bridgehead atoms. The first-order chi connectivity index (χ1) is 16.4. The minimum absolute atomic E-state index is 0.0142. The number of methoxy groups -OCH3 is 2. The maximum absolute atomic E-state index is 13.0. The lowest BCUT2D eigenvalue weighted by molar-refractivity contribution is 0.403. The molecule has 0 aliphatic carbocycles. The Kier molecular flexibility index (Phi) is 7.01. The molecular weight excluding hydrogens is 460 g/mol. The number of anilines is 1. The van der Waals surface area contributed by atoms with E-state index in [-0.39, 0.29) is 16.5 Å². The summed E-state index contributed by atoms with van der Waals surface area (Å²) >= 11 is 0. The SMILES string of the molecule is COc1ccccc1S(=O)(=O)Nc1noc2cc(Cn3cc(CNCCN)cn3)cc(OC)c12. The Hall–Kier alpha value is -3.61. The molecule has 11 nitrogen and oxygen atoms in total. The molecule has 0 saturated heterocycles. The summed E-state index contributed by atoms with van der Waals surface area (Å²) in [4.78, 5) is -0.0142. The molecule has 4 rings (SSSR count). The van der Waals surface area contributed by atoms with Crippen LogP contribution in [0.5, 0.6) is 11.5 Å². The van der Waals surface area contributed by atoms with E-state index in [4.69, 9.17) is 19.7 Å². The van der Waals surface area contributed by atoms with E-state index in [9.17, 15) is 8.42 Å². The minimum atomic E-state index is -3.99. The van der Waals surface area contributed by atoms with Gasteiger partial charge in [0.15, 0.2) is 11.4 Å². The molecule has 2 heterocycles. The van der Waals surface area contributed by atoms with E-state index >= 15 is 0 Å². The summed E-state index contributed by atoms with van der Waals surface area (Å²) in [5, 5.41) is 12.0. The fourth-order valence-electron chi connectivity index (χ4n) is 3.54. The summed E-state index contributed by atoms with van der Waals surface area (Å²) < 4.78 is 46.4. The normalized spacial score (nSPS) is 11.6. The maximum Gasteiger partial charge on any atom is 0.266 e. The number of para-hydroxylation sites is 1. The second kappa shape index (κ2) is 10.1. The van der Waals surface area contributed by atoms with Crippen molar-refractivity contribution in [2.45, 2.75) is 18.0 Å². The van der Waals surface area contributed by atoms with Crippen molar-refractivity contribution in [3.63, 3.8) is 0 Å². The van der Waals surface area contributed by atoms with E-state index in [1.807, 2.05) is 6.20 Å². The first kappa shape index (κ1) is 23.5. The molecule has 0 aliphatic rings. The van der Waals surface area contributed by atoms with Crippen molar-refractivity contribution in [1.82, 2.24) is 20.3 Å². The van der Waals surface area contributed by atoms with Crippen LogP contribution in [-0.2, 0) is 23.1 Å². The van der Waals surface area contributed by atoms with Gasteiger partial charge in [0, 0.05) is 31.4 Å². The molecule has 4 aromatic rings. The van der Waals surface area contributed by atoms with Crippen LogP contribution in [0.4, 0.5) is 5.82 Å². The lowest BCUT2D eigenvalue weighted by atomic mass is 10.1. The maximum atomic E-state index is 13.0. The molecule has 34 heavy (non-hydrogen) atoms. The fourth-order valence-corrected chi connectivity index (χ4v) is 4.72. The molecule has 0 atom stereocenters. The minimum Gasteiger partial charge on any atom is -0.496 e. The number of rotatable bonds is 11. The van der Waals surface area contributed by atoms with Gasteiger partial charge in [0.25, 0.3) is 10.0 Å². The number of sulfonamides is 1. The van der Waals surface area contributed by atoms with Crippen LogP contribution in [0.3, 0.4) is 0 Å². The number of fused-ring (bicyclic) bond motifs is 1. The van der Waals surface area contributed by atoms with Crippen LogP contribution in [0.1, 0.15) is 11.1 Å². The molecule has 0 amide bonds. The van der Waals surface area contributed by atoms with Crippen LogP contribution in [-0.4, -0.2) is 50.7 Å². The summed E-state index contributed by atoms with van der Waals surface area (Å²) in [7, 11) is -1.08. The Morgan fingerprint density at radius 3 is 2.68 bits per heavy atom. The number of nitrogens with one attached hydrogen (secondary N) is 2. The Bertz CT molecular complexity index is 1380. The fraction of sp³-hybridized carbons (Fsp3) is 0.273. The van der Waals surface area contributed by atoms with Gasteiger partial charge in [-0.25, -0.2) is 8.42 Å². The Balaban J connectivity index is 1.60. The van der Waals surface area contributed by atoms with Gasteiger partial charge in [-0.2, -0.15) is 5.10 Å². The number of nitrogens with two attached hydrogens (primary N) is 1. The molecule has 0 fully saturated rings. The first-order valence-corrected chi connectivity index (χ1v) is 12.0. The number of nitrogens with zero attached hydrogens (tertiary/aromatic N) is 3. The van der Waals surface area contributed by atoms with E-state index in [2.05, 4.69) is 20.3 Å². The average molecular weight is 487 g/mol. The molecular formula is C22H26N6O5S. The van der Waals surface area contributed by atoms with Crippen LogP contribution in [0.2, 0.25) is 0 Å². The summed E-state index contributed by atoms with van der Waals surface area (Å²) in [5.41, 5.74) is 7.76. The van der Waals surface area contributed by atoms with E-state index < -0.39 is 10.0 Å². The molecule has 180 valence electrons. The highest BCUT2D eigenvalue weighted by Crippen LogP contribution is 2.35. The molecule has 0 spiro atoms. The molecule has 0 saturated carbocycles. The Morgan fingerprint density at radius 2 is 1.91 bits per heavy atom. The quantitative estimate of drug-likeness (QED) is 0.271. The van der Waals surface area contributed by atoms with Crippen LogP contribution >= 0.6 is 0 Å². The van der Waals surface area contributed by atoms with Crippen molar-refractivity contribution in [2.24, 2.45) is 5.73 Å². The lowest BCUT2D eigenvalue weighted by Gasteiger charge is -2.11. The molecule has 12 heteroatoms. The van der Waals surface area contributed by atoms with Gasteiger partial charge in [-0.3, -0.25) is 9.40 Å². The van der Waals surface area contributed by atoms with Crippen LogP contribution in [0.15, 0.2) is 58.2 Å². The molecule has 2 aromatic carbocycles. The van der Waals surface area contributed by atoms with E-state index in [0.717, 1.165) is 17.7 Å². The van der Waals surface area contributed by atoms with Crippen molar-refractivity contribution in [2.75, 3.05) is 32.0 Å². The summed E-state index contributed by atoms with van der Waals surface area (Å²) in [6.45, 7) is 2.44. The lowest BCUT2D eigenvalue weighted by Crippen LogP contribution is -2.21. The van der Waals surface area contributed by atoms with Gasteiger partial charge in [-0.15, -0.1) is 0 Å². The van der Waals surface area contributed by atoms with Crippen LogP contribution in [0, 0.1) is 0 Å². The van der Waals surface area contributed by atoms with Gasteiger partial charge >= 0.3 is 0 Å². The zero-order valence-electron chi connectivity index (χ0n) is 18.8. The highest BCUT2D eigenvalue weighted by Gasteiger charge is 2.24. The second-order valence-corrected chi connectivity index (χ2v) is 9.12. The van der Waals surface area contributed by atoms with Crippen molar-refractivity contribution >= 4 is 26.8 Å². The van der Waals surface area contributed by atoms with Gasteiger partial charge in [-0.1, -0.05) is 17.3 Å². The predicted molar refractivity (Wildman–Crippen MR) is 126 cm³/mol. The van der Waals surface area contributed by atoms with E-state index in [0.29, 0.717) is 36.4 Å². The first-order valence-electron chi connectivity index (χ1n) is 10.5. The monoisotopic (exact) mass is 486 g/mol. The van der Waals surface area contributed by atoms with Crippen molar-refractivity contribution in [3.05, 3.63) is 59.9 Å². The topological polar surface area (TPSA) is 147 Å². The van der Waals surface area contributed by atoms with Crippen LogP contribution < -0.4 is 25.2 Å². The predicted octanol–water partition coefficient (Wildman–Crippen LogP) is 1.94. The number of hydrogen-bond acceptors (Lipinski definition) is 9. The molecule has 0 radical (unpaired) electrons. The van der Waals surface area contributed by atoms with Gasteiger partial charge in [-0.05, 0) is 29.8 Å². The second-order valence-electron chi connectivity index (χ2n) is 7.47. The Labute approximate surface area is 196 Å². The van der Waals surface area contributed by atoms with Crippen molar-refractivity contribution in [1.29, 1.82) is 0 Å².